The average Bonchev–Trinajstić information content (AvgIpc) is 3.06. The molecule has 3 heterocycles. The predicted molar refractivity (Wildman–Crippen MR) is 91.3 cm³/mol. The van der Waals surface area contributed by atoms with Crippen molar-refractivity contribution in [1.29, 1.82) is 0 Å². The van der Waals surface area contributed by atoms with E-state index >= 15 is 0 Å². The summed E-state index contributed by atoms with van der Waals surface area (Å²) in [5.41, 5.74) is 2.91. The van der Waals surface area contributed by atoms with Gasteiger partial charge in [-0.3, -0.25) is 4.98 Å². The van der Waals surface area contributed by atoms with E-state index in [0.29, 0.717) is 31.2 Å². The van der Waals surface area contributed by atoms with E-state index in [9.17, 15) is 5.02 Å². The Morgan fingerprint density at radius 1 is 1.29 bits per heavy atom. The lowest BCUT2D eigenvalue weighted by atomic mass is 9.80. The molecule has 0 saturated carbocycles. The number of aromatic nitrogens is 2. The van der Waals surface area contributed by atoms with Crippen LogP contribution >= 0.6 is 0 Å². The molecule has 0 aromatic carbocycles. The first-order valence-corrected chi connectivity index (χ1v) is 8.13. The third-order valence-corrected chi connectivity index (χ3v) is 4.01. The first kappa shape index (κ1) is 16.7. The molecule has 0 radical (unpaired) electrons. The molecule has 0 amide bonds. The molecule has 126 valence electrons. The minimum atomic E-state index is -0.685. The van der Waals surface area contributed by atoms with Crippen LogP contribution in [0.2, 0.25) is 6.32 Å². The SMILES string of the molecule is CCCOc1cc(-c2cncc([C@H]3COB(O)C3)c2)cnc1OC. The van der Waals surface area contributed by atoms with E-state index in [1.54, 1.807) is 19.5 Å². The topological polar surface area (TPSA) is 73.7 Å². The Morgan fingerprint density at radius 2 is 2.12 bits per heavy atom. The summed E-state index contributed by atoms with van der Waals surface area (Å²) in [6.07, 6.45) is 6.87. The van der Waals surface area contributed by atoms with Crippen LogP contribution in [0.3, 0.4) is 0 Å². The van der Waals surface area contributed by atoms with Gasteiger partial charge in [-0.25, -0.2) is 4.98 Å². The lowest BCUT2D eigenvalue weighted by molar-refractivity contribution is 0.289. The highest BCUT2D eigenvalue weighted by Gasteiger charge is 2.30. The Morgan fingerprint density at radius 3 is 2.83 bits per heavy atom. The molecule has 0 bridgehead atoms. The van der Waals surface area contributed by atoms with Crippen LogP contribution in [0.5, 0.6) is 11.6 Å². The average molecular weight is 328 g/mol. The maximum absolute atomic E-state index is 9.54. The molecule has 24 heavy (non-hydrogen) atoms. The lowest BCUT2D eigenvalue weighted by Crippen LogP contribution is -2.07. The van der Waals surface area contributed by atoms with Gasteiger partial charge in [-0.1, -0.05) is 6.92 Å². The van der Waals surface area contributed by atoms with E-state index in [0.717, 1.165) is 23.1 Å². The van der Waals surface area contributed by atoms with Crippen LogP contribution in [0.15, 0.2) is 30.7 Å². The van der Waals surface area contributed by atoms with Crippen LogP contribution in [-0.4, -0.2) is 42.4 Å². The van der Waals surface area contributed by atoms with Crippen molar-refractivity contribution in [2.75, 3.05) is 20.3 Å². The number of pyridine rings is 2. The van der Waals surface area contributed by atoms with Gasteiger partial charge in [0.05, 0.1) is 13.7 Å². The van der Waals surface area contributed by atoms with E-state index in [-0.39, 0.29) is 5.92 Å². The van der Waals surface area contributed by atoms with Gasteiger partial charge in [-0.05, 0) is 30.4 Å². The summed E-state index contributed by atoms with van der Waals surface area (Å²) in [7, 11) is 0.893. The van der Waals surface area contributed by atoms with Gasteiger partial charge in [0.1, 0.15) is 0 Å². The van der Waals surface area contributed by atoms with E-state index in [1.165, 1.54) is 0 Å². The Labute approximate surface area is 142 Å². The second-order valence-corrected chi connectivity index (χ2v) is 5.81. The second kappa shape index (κ2) is 7.64. The number of hydrogen-bond acceptors (Lipinski definition) is 6. The molecule has 1 N–H and O–H groups in total. The maximum atomic E-state index is 9.54. The molecule has 0 spiro atoms. The normalized spacial score (nSPS) is 17.1. The van der Waals surface area contributed by atoms with Crippen molar-refractivity contribution >= 4 is 7.12 Å². The zero-order valence-electron chi connectivity index (χ0n) is 13.9. The molecule has 1 aliphatic rings. The molecule has 7 heteroatoms. The maximum Gasteiger partial charge on any atom is 0.454 e. The van der Waals surface area contributed by atoms with Gasteiger partial charge in [0.25, 0.3) is 5.88 Å². The van der Waals surface area contributed by atoms with E-state index in [4.69, 9.17) is 14.1 Å². The number of ether oxygens (including phenoxy) is 2. The molecule has 6 nitrogen and oxygen atoms in total. The molecule has 0 unspecified atom stereocenters. The van der Waals surface area contributed by atoms with Crippen LogP contribution in [0.25, 0.3) is 11.1 Å². The van der Waals surface area contributed by atoms with Gasteiger partial charge in [0.2, 0.25) is 0 Å². The molecule has 1 saturated heterocycles. The molecule has 1 atom stereocenters. The first-order valence-electron chi connectivity index (χ1n) is 8.13. The van der Waals surface area contributed by atoms with Crippen molar-refractivity contribution < 1.29 is 19.2 Å². The summed E-state index contributed by atoms with van der Waals surface area (Å²) in [6, 6.07) is 3.98. The third kappa shape index (κ3) is 3.68. The lowest BCUT2D eigenvalue weighted by Gasteiger charge is -2.12. The highest BCUT2D eigenvalue weighted by Crippen LogP contribution is 2.33. The molecule has 0 aliphatic carbocycles. The highest BCUT2D eigenvalue weighted by atomic mass is 16.5. The van der Waals surface area contributed by atoms with Crippen LogP contribution in [0.1, 0.15) is 24.8 Å². The molecule has 1 fully saturated rings. The Balaban J connectivity index is 1.88. The van der Waals surface area contributed by atoms with Crippen molar-refractivity contribution in [3.8, 4) is 22.8 Å². The highest BCUT2D eigenvalue weighted by molar-refractivity contribution is 6.43. The Bertz CT molecular complexity index is 698. The van der Waals surface area contributed by atoms with Gasteiger partial charge < -0.3 is 19.2 Å². The van der Waals surface area contributed by atoms with Crippen molar-refractivity contribution in [3.63, 3.8) is 0 Å². The van der Waals surface area contributed by atoms with Crippen LogP contribution in [0, 0.1) is 0 Å². The number of rotatable bonds is 6. The minimum Gasteiger partial charge on any atom is -0.488 e. The first-order chi connectivity index (χ1) is 11.7. The molecule has 2 aromatic heterocycles. The van der Waals surface area contributed by atoms with Gasteiger partial charge >= 0.3 is 7.12 Å². The smallest absolute Gasteiger partial charge is 0.454 e. The van der Waals surface area contributed by atoms with Gasteiger partial charge in [0.15, 0.2) is 5.75 Å². The number of nitrogens with zero attached hydrogens (tertiary/aromatic N) is 2. The Hall–Kier alpha value is -2.12. The fourth-order valence-corrected chi connectivity index (χ4v) is 2.74. The molecule has 3 rings (SSSR count). The van der Waals surface area contributed by atoms with E-state index in [1.807, 2.05) is 12.3 Å². The Kier molecular flexibility index (Phi) is 5.32. The zero-order valence-corrected chi connectivity index (χ0v) is 13.9. The zero-order chi connectivity index (χ0) is 16.9. The molecular weight excluding hydrogens is 307 g/mol. The van der Waals surface area contributed by atoms with Crippen LogP contribution in [-0.2, 0) is 4.65 Å². The van der Waals surface area contributed by atoms with E-state index < -0.39 is 7.12 Å². The largest absolute Gasteiger partial charge is 0.488 e. The summed E-state index contributed by atoms with van der Waals surface area (Å²) in [5, 5.41) is 9.54. The standard InChI is InChI=1S/C17H21BN2O4/c1-3-4-23-16-6-14(10-20-17(16)22-2)12-5-13(9-19-8-12)15-7-18(21)24-11-15/h5-6,8-10,15,21H,3-4,7,11H2,1-2H3/t15-/m1/s1. The summed E-state index contributed by atoms with van der Waals surface area (Å²) in [4.78, 5) is 8.65. The summed E-state index contributed by atoms with van der Waals surface area (Å²) < 4.78 is 16.2. The molecular formula is C17H21BN2O4. The van der Waals surface area contributed by atoms with Gasteiger partial charge in [0, 0.05) is 42.2 Å². The van der Waals surface area contributed by atoms with Crippen molar-refractivity contribution in [3.05, 3.63) is 36.3 Å². The number of methoxy groups -OCH3 is 1. The van der Waals surface area contributed by atoms with E-state index in [2.05, 4.69) is 23.0 Å². The van der Waals surface area contributed by atoms with Crippen LogP contribution in [0.4, 0.5) is 0 Å². The second-order valence-electron chi connectivity index (χ2n) is 5.81. The predicted octanol–water partition coefficient (Wildman–Crippen LogP) is 2.54. The van der Waals surface area contributed by atoms with Crippen molar-refractivity contribution in [1.82, 2.24) is 9.97 Å². The summed E-state index contributed by atoms with van der Waals surface area (Å²) in [6.45, 7) is 3.17. The third-order valence-electron chi connectivity index (χ3n) is 4.01. The van der Waals surface area contributed by atoms with Gasteiger partial charge in [-0.15, -0.1) is 0 Å². The fraction of sp³-hybridized carbons (Fsp3) is 0.412. The number of hydrogen-bond donors (Lipinski definition) is 1. The summed E-state index contributed by atoms with van der Waals surface area (Å²) >= 11 is 0. The van der Waals surface area contributed by atoms with Crippen LogP contribution < -0.4 is 9.47 Å². The quantitative estimate of drug-likeness (QED) is 0.822. The van der Waals surface area contributed by atoms with Crippen molar-refractivity contribution in [2.24, 2.45) is 0 Å². The molecule has 1 aliphatic heterocycles. The monoisotopic (exact) mass is 328 g/mol. The summed E-state index contributed by atoms with van der Waals surface area (Å²) in [5.74, 6) is 1.26. The fourth-order valence-electron chi connectivity index (χ4n) is 2.74. The van der Waals surface area contributed by atoms with Crippen molar-refractivity contribution in [2.45, 2.75) is 25.6 Å². The molecule has 2 aromatic rings. The minimum absolute atomic E-state index is 0.162. The van der Waals surface area contributed by atoms with Gasteiger partial charge in [-0.2, -0.15) is 0 Å².